The first-order valence-corrected chi connectivity index (χ1v) is 8.83. The Labute approximate surface area is 147 Å². The Morgan fingerprint density at radius 2 is 1.80 bits per heavy atom. The number of imide groups is 1. The van der Waals surface area contributed by atoms with E-state index in [0.717, 1.165) is 29.9 Å². The van der Waals surface area contributed by atoms with Crippen LogP contribution in [0.25, 0.3) is 0 Å². The summed E-state index contributed by atoms with van der Waals surface area (Å²) >= 11 is 0. The van der Waals surface area contributed by atoms with Crippen molar-refractivity contribution in [3.8, 4) is 5.75 Å². The zero-order valence-electron chi connectivity index (χ0n) is 14.6. The third-order valence-electron chi connectivity index (χ3n) is 5.06. The van der Waals surface area contributed by atoms with Gasteiger partial charge < -0.3 is 9.64 Å². The molecular formula is C19H24N2O4. The molecule has 1 unspecified atom stereocenters. The standard InChI is InChI=1S/C19H24N2O4/c1-25-16-7-5-14(6-8-16)15-4-2-3-11-20(12-15)19(24)13-21-17(22)9-10-18(21)23/h5-8,15H,2-4,9-13H2,1H3. The molecule has 6 nitrogen and oxygen atoms in total. The molecule has 6 heteroatoms. The summed E-state index contributed by atoms with van der Waals surface area (Å²) < 4.78 is 5.20. The predicted octanol–water partition coefficient (Wildman–Crippen LogP) is 1.94. The summed E-state index contributed by atoms with van der Waals surface area (Å²) in [5.41, 5.74) is 1.19. The number of rotatable bonds is 4. The number of methoxy groups -OCH3 is 1. The van der Waals surface area contributed by atoms with Gasteiger partial charge in [-0.1, -0.05) is 18.6 Å². The third kappa shape index (κ3) is 4.00. The first-order chi connectivity index (χ1) is 12.1. The molecule has 3 rings (SSSR count). The number of carbonyl (C=O) groups excluding carboxylic acids is 3. The first-order valence-electron chi connectivity index (χ1n) is 8.83. The molecule has 0 N–H and O–H groups in total. The lowest BCUT2D eigenvalue weighted by atomic mass is 9.94. The summed E-state index contributed by atoms with van der Waals surface area (Å²) in [5.74, 6) is 0.475. The summed E-state index contributed by atoms with van der Waals surface area (Å²) in [6.07, 6.45) is 3.47. The van der Waals surface area contributed by atoms with E-state index in [9.17, 15) is 14.4 Å². The molecule has 2 saturated heterocycles. The van der Waals surface area contributed by atoms with Crippen LogP contribution in [0.3, 0.4) is 0 Å². The van der Waals surface area contributed by atoms with Gasteiger partial charge in [0.05, 0.1) is 7.11 Å². The SMILES string of the molecule is COc1ccc(C2CCCCN(C(=O)CN3C(=O)CCC3=O)C2)cc1. The number of hydrogen-bond acceptors (Lipinski definition) is 4. The zero-order valence-corrected chi connectivity index (χ0v) is 14.6. The van der Waals surface area contributed by atoms with E-state index in [4.69, 9.17) is 4.74 Å². The fourth-order valence-corrected chi connectivity index (χ4v) is 3.55. The lowest BCUT2D eigenvalue weighted by molar-refractivity contribution is -0.145. The number of ether oxygens (including phenoxy) is 1. The Morgan fingerprint density at radius 1 is 1.12 bits per heavy atom. The van der Waals surface area contributed by atoms with Crippen molar-refractivity contribution in [2.24, 2.45) is 0 Å². The molecule has 0 spiro atoms. The van der Waals surface area contributed by atoms with Gasteiger partial charge in [-0.3, -0.25) is 19.3 Å². The Morgan fingerprint density at radius 3 is 2.44 bits per heavy atom. The first kappa shape index (κ1) is 17.5. The smallest absolute Gasteiger partial charge is 0.242 e. The maximum atomic E-state index is 12.6. The Balaban J connectivity index is 1.67. The molecule has 25 heavy (non-hydrogen) atoms. The Kier molecular flexibility index (Phi) is 5.36. The lowest BCUT2D eigenvalue weighted by Gasteiger charge is -2.26. The molecular weight excluding hydrogens is 320 g/mol. The number of likely N-dealkylation sites (tertiary alicyclic amines) is 2. The van der Waals surface area contributed by atoms with Crippen LogP contribution in [-0.4, -0.2) is 54.3 Å². The average molecular weight is 344 g/mol. The van der Waals surface area contributed by atoms with E-state index in [-0.39, 0.29) is 43.0 Å². The quantitative estimate of drug-likeness (QED) is 0.783. The van der Waals surface area contributed by atoms with Crippen LogP contribution in [0.1, 0.15) is 43.6 Å². The number of nitrogens with zero attached hydrogens (tertiary/aromatic N) is 2. The fourth-order valence-electron chi connectivity index (χ4n) is 3.55. The van der Waals surface area contributed by atoms with E-state index in [0.29, 0.717) is 13.1 Å². The molecule has 0 saturated carbocycles. The Hall–Kier alpha value is -2.37. The second-order valence-corrected chi connectivity index (χ2v) is 6.68. The van der Waals surface area contributed by atoms with Crippen molar-refractivity contribution in [1.82, 2.24) is 9.80 Å². The van der Waals surface area contributed by atoms with Gasteiger partial charge in [-0.15, -0.1) is 0 Å². The molecule has 2 heterocycles. The highest BCUT2D eigenvalue weighted by Crippen LogP contribution is 2.28. The van der Waals surface area contributed by atoms with Crippen molar-refractivity contribution in [1.29, 1.82) is 0 Å². The maximum absolute atomic E-state index is 12.6. The lowest BCUT2D eigenvalue weighted by Crippen LogP contribution is -2.43. The summed E-state index contributed by atoms with van der Waals surface area (Å²) in [4.78, 5) is 39.0. The van der Waals surface area contributed by atoms with Gasteiger partial charge in [-0.25, -0.2) is 0 Å². The minimum Gasteiger partial charge on any atom is -0.497 e. The van der Waals surface area contributed by atoms with Crippen molar-refractivity contribution >= 4 is 17.7 Å². The monoisotopic (exact) mass is 344 g/mol. The van der Waals surface area contributed by atoms with Crippen LogP contribution in [0.5, 0.6) is 5.75 Å². The summed E-state index contributed by atoms with van der Waals surface area (Å²) in [5, 5.41) is 0. The maximum Gasteiger partial charge on any atom is 0.242 e. The van der Waals surface area contributed by atoms with Gasteiger partial charge in [-0.05, 0) is 30.5 Å². The van der Waals surface area contributed by atoms with E-state index in [1.165, 1.54) is 5.56 Å². The largest absolute Gasteiger partial charge is 0.497 e. The molecule has 1 aromatic rings. The summed E-state index contributed by atoms with van der Waals surface area (Å²) in [6.45, 7) is 1.19. The van der Waals surface area contributed by atoms with Crippen molar-refractivity contribution in [2.45, 2.75) is 38.0 Å². The molecule has 1 atom stereocenters. The molecule has 2 aliphatic heterocycles. The van der Waals surface area contributed by atoms with Crippen LogP contribution in [0.2, 0.25) is 0 Å². The van der Waals surface area contributed by atoms with Gasteiger partial charge in [0.1, 0.15) is 12.3 Å². The van der Waals surface area contributed by atoms with Crippen LogP contribution in [-0.2, 0) is 14.4 Å². The van der Waals surface area contributed by atoms with Crippen LogP contribution in [0.15, 0.2) is 24.3 Å². The number of benzene rings is 1. The van der Waals surface area contributed by atoms with Crippen LogP contribution in [0, 0.1) is 0 Å². The van der Waals surface area contributed by atoms with Gasteiger partial charge in [0.25, 0.3) is 0 Å². The van der Waals surface area contributed by atoms with Crippen LogP contribution < -0.4 is 4.74 Å². The van der Waals surface area contributed by atoms with Crippen molar-refractivity contribution in [2.75, 3.05) is 26.7 Å². The van der Waals surface area contributed by atoms with Gasteiger partial charge in [0.2, 0.25) is 17.7 Å². The molecule has 0 aliphatic carbocycles. The third-order valence-corrected chi connectivity index (χ3v) is 5.06. The molecule has 0 aromatic heterocycles. The van der Waals surface area contributed by atoms with Crippen molar-refractivity contribution in [3.63, 3.8) is 0 Å². The van der Waals surface area contributed by atoms with E-state index in [1.54, 1.807) is 12.0 Å². The van der Waals surface area contributed by atoms with Crippen molar-refractivity contribution < 1.29 is 19.1 Å². The topological polar surface area (TPSA) is 66.9 Å². The number of hydrogen-bond donors (Lipinski definition) is 0. The minimum absolute atomic E-state index is 0.118. The van der Waals surface area contributed by atoms with Gasteiger partial charge in [0, 0.05) is 31.8 Å². The molecule has 2 aliphatic rings. The molecule has 2 fully saturated rings. The summed E-state index contributed by atoms with van der Waals surface area (Å²) in [6, 6.07) is 7.97. The average Bonchev–Trinajstić information content (AvgIpc) is 2.84. The molecule has 0 bridgehead atoms. The number of amides is 3. The minimum atomic E-state index is -0.236. The van der Waals surface area contributed by atoms with E-state index in [2.05, 4.69) is 0 Å². The second kappa shape index (κ2) is 7.68. The van der Waals surface area contributed by atoms with E-state index in [1.807, 2.05) is 24.3 Å². The second-order valence-electron chi connectivity index (χ2n) is 6.68. The highest BCUT2D eigenvalue weighted by atomic mass is 16.5. The molecule has 1 aromatic carbocycles. The van der Waals surface area contributed by atoms with E-state index >= 15 is 0 Å². The fraction of sp³-hybridized carbons (Fsp3) is 0.526. The zero-order chi connectivity index (χ0) is 17.8. The predicted molar refractivity (Wildman–Crippen MR) is 92.1 cm³/mol. The molecule has 3 amide bonds. The van der Waals surface area contributed by atoms with Crippen LogP contribution in [0.4, 0.5) is 0 Å². The number of carbonyl (C=O) groups is 3. The highest BCUT2D eigenvalue weighted by molar-refractivity contribution is 6.04. The molecule has 0 radical (unpaired) electrons. The molecule has 134 valence electrons. The van der Waals surface area contributed by atoms with E-state index < -0.39 is 0 Å². The normalized spacial score (nSPS) is 21.4. The van der Waals surface area contributed by atoms with Crippen LogP contribution >= 0.6 is 0 Å². The van der Waals surface area contributed by atoms with Crippen molar-refractivity contribution in [3.05, 3.63) is 29.8 Å². The summed E-state index contributed by atoms with van der Waals surface area (Å²) in [7, 11) is 1.64. The Bertz CT molecular complexity index is 640. The van der Waals surface area contributed by atoms with Gasteiger partial charge >= 0.3 is 0 Å². The van der Waals surface area contributed by atoms with Gasteiger partial charge in [-0.2, -0.15) is 0 Å². The van der Waals surface area contributed by atoms with Gasteiger partial charge in [0.15, 0.2) is 0 Å². The highest BCUT2D eigenvalue weighted by Gasteiger charge is 2.32.